The Labute approximate surface area is 339 Å². The minimum absolute atomic E-state index is 0.0546. The van der Waals surface area contributed by atoms with Gasteiger partial charge in [0.05, 0.1) is 25.2 Å². The third-order valence-corrected chi connectivity index (χ3v) is 10.2. The molecule has 1 amide bonds. The second-order valence-electron chi connectivity index (χ2n) is 15.5. The maximum atomic E-state index is 13.1. The molecular formula is C49H87NO5. The van der Waals surface area contributed by atoms with Crippen molar-refractivity contribution in [3.63, 3.8) is 0 Å². The monoisotopic (exact) mass is 770 g/mol. The van der Waals surface area contributed by atoms with Gasteiger partial charge >= 0.3 is 5.97 Å². The molecule has 0 saturated carbocycles. The first-order chi connectivity index (χ1) is 27.0. The molecule has 6 nitrogen and oxygen atoms in total. The number of aliphatic hydroxyl groups is 2. The van der Waals surface area contributed by atoms with E-state index in [0.717, 1.165) is 103 Å². The normalized spacial score (nSPS) is 13.9. The Hall–Kier alpha value is -2.44. The van der Waals surface area contributed by atoms with E-state index in [0.29, 0.717) is 19.3 Å². The van der Waals surface area contributed by atoms with Gasteiger partial charge in [0.25, 0.3) is 0 Å². The van der Waals surface area contributed by atoms with Crippen LogP contribution in [-0.2, 0) is 14.3 Å². The SMILES string of the molecule is CC/C=C/C=C/C=C/C=C\CCCCCCCC(=O)OC(CCCCC/C=C\CCC)CC(=O)NC(CO)C(O)CCCCCCCCCCCCCCC. The number of nitrogens with one attached hydrogen (secondary N) is 1. The van der Waals surface area contributed by atoms with Gasteiger partial charge in [-0.05, 0) is 64.2 Å². The van der Waals surface area contributed by atoms with E-state index in [-0.39, 0.29) is 24.9 Å². The molecule has 0 aromatic rings. The van der Waals surface area contributed by atoms with Crippen LogP contribution in [0.25, 0.3) is 0 Å². The van der Waals surface area contributed by atoms with Crippen molar-refractivity contribution in [2.75, 3.05) is 6.61 Å². The molecule has 0 aromatic heterocycles. The Bertz CT molecular complexity index is 999. The summed E-state index contributed by atoms with van der Waals surface area (Å²) < 4.78 is 5.87. The molecule has 3 N–H and O–H groups in total. The van der Waals surface area contributed by atoms with Crippen molar-refractivity contribution in [3.8, 4) is 0 Å². The number of hydrogen-bond acceptors (Lipinski definition) is 5. The van der Waals surface area contributed by atoms with Crippen molar-refractivity contribution in [3.05, 3.63) is 60.8 Å². The summed E-state index contributed by atoms with van der Waals surface area (Å²) in [5, 5.41) is 23.6. The van der Waals surface area contributed by atoms with Crippen LogP contribution in [0.5, 0.6) is 0 Å². The van der Waals surface area contributed by atoms with Gasteiger partial charge in [-0.3, -0.25) is 9.59 Å². The molecule has 0 heterocycles. The molecule has 0 spiro atoms. The minimum atomic E-state index is -0.795. The van der Waals surface area contributed by atoms with Gasteiger partial charge in [0.1, 0.15) is 6.10 Å². The third-order valence-electron chi connectivity index (χ3n) is 10.2. The lowest BCUT2D eigenvalue weighted by atomic mass is 10.0. The van der Waals surface area contributed by atoms with Crippen LogP contribution in [-0.4, -0.2) is 46.9 Å². The topological polar surface area (TPSA) is 95.9 Å². The van der Waals surface area contributed by atoms with Crippen molar-refractivity contribution in [2.45, 2.75) is 232 Å². The highest BCUT2D eigenvalue weighted by molar-refractivity contribution is 5.77. The molecule has 3 atom stereocenters. The van der Waals surface area contributed by atoms with Crippen molar-refractivity contribution >= 4 is 11.9 Å². The molecule has 0 aliphatic rings. The highest BCUT2D eigenvalue weighted by atomic mass is 16.5. The number of esters is 1. The number of carbonyl (C=O) groups excluding carboxylic acids is 2. The van der Waals surface area contributed by atoms with Crippen LogP contribution >= 0.6 is 0 Å². The highest BCUT2D eigenvalue weighted by Gasteiger charge is 2.24. The van der Waals surface area contributed by atoms with Crippen molar-refractivity contribution < 1.29 is 24.5 Å². The third kappa shape index (κ3) is 38.2. The van der Waals surface area contributed by atoms with Crippen LogP contribution in [0.2, 0.25) is 0 Å². The smallest absolute Gasteiger partial charge is 0.306 e. The van der Waals surface area contributed by atoms with Gasteiger partial charge in [0.2, 0.25) is 5.91 Å². The maximum Gasteiger partial charge on any atom is 0.306 e. The lowest BCUT2D eigenvalue weighted by molar-refractivity contribution is -0.151. The maximum absolute atomic E-state index is 13.1. The summed E-state index contributed by atoms with van der Waals surface area (Å²) in [6.45, 7) is 6.25. The zero-order chi connectivity index (χ0) is 40.3. The average molecular weight is 770 g/mol. The lowest BCUT2D eigenvalue weighted by Crippen LogP contribution is -2.46. The van der Waals surface area contributed by atoms with E-state index in [4.69, 9.17) is 4.74 Å². The number of amides is 1. The fraction of sp³-hybridized carbons (Fsp3) is 0.755. The molecule has 3 unspecified atom stereocenters. The van der Waals surface area contributed by atoms with Crippen LogP contribution in [0, 0.1) is 0 Å². The van der Waals surface area contributed by atoms with E-state index in [2.05, 4.69) is 68.6 Å². The standard InChI is InChI=1S/C49H87NO5/c1-4-7-10-13-16-19-21-23-24-26-28-30-33-36-39-42-49(54)55-45(40-37-34-31-18-15-12-9-6-3)43-48(53)50-46(44-51)47(52)41-38-35-32-29-27-25-22-20-17-14-11-8-5-2/h7,10,12-13,15-16,19,21,23-24,45-47,51-52H,4-6,8-9,11,14,17-18,20,22,25-44H2,1-3H3,(H,50,53)/b10-7+,15-12-,16-13+,21-19+,24-23-. The number of rotatable bonds is 40. The summed E-state index contributed by atoms with van der Waals surface area (Å²) in [5.74, 6) is -0.524. The van der Waals surface area contributed by atoms with Crippen LogP contribution < -0.4 is 5.32 Å². The van der Waals surface area contributed by atoms with Gasteiger partial charge in [-0.25, -0.2) is 0 Å². The summed E-state index contributed by atoms with van der Waals surface area (Å²) in [7, 11) is 0. The van der Waals surface area contributed by atoms with Crippen LogP contribution in [0.4, 0.5) is 0 Å². The molecule has 0 fully saturated rings. The van der Waals surface area contributed by atoms with Crippen molar-refractivity contribution in [1.82, 2.24) is 5.32 Å². The zero-order valence-corrected chi connectivity index (χ0v) is 36.0. The summed E-state index contributed by atoms with van der Waals surface area (Å²) in [6, 6.07) is -0.710. The number of hydrogen-bond donors (Lipinski definition) is 3. The predicted octanol–water partition coefficient (Wildman–Crippen LogP) is 13.3. The molecule has 0 rings (SSSR count). The Morgan fingerprint density at radius 1 is 0.545 bits per heavy atom. The summed E-state index contributed by atoms with van der Waals surface area (Å²) >= 11 is 0. The first-order valence-corrected chi connectivity index (χ1v) is 23.1. The fourth-order valence-electron chi connectivity index (χ4n) is 6.68. The quantitative estimate of drug-likeness (QED) is 0.0250. The molecule has 0 saturated heterocycles. The number of allylic oxidation sites excluding steroid dienone is 10. The Morgan fingerprint density at radius 2 is 1.04 bits per heavy atom. The van der Waals surface area contributed by atoms with Gasteiger partial charge < -0.3 is 20.3 Å². The largest absolute Gasteiger partial charge is 0.462 e. The molecule has 0 aliphatic carbocycles. The van der Waals surface area contributed by atoms with Crippen LogP contribution in [0.3, 0.4) is 0 Å². The fourth-order valence-corrected chi connectivity index (χ4v) is 6.68. The Kier molecular flexibility index (Phi) is 40.8. The second kappa shape index (κ2) is 42.7. The first kappa shape index (κ1) is 52.6. The van der Waals surface area contributed by atoms with Crippen LogP contribution in [0.1, 0.15) is 213 Å². The van der Waals surface area contributed by atoms with E-state index in [9.17, 15) is 19.8 Å². The van der Waals surface area contributed by atoms with E-state index in [1.165, 1.54) is 64.2 Å². The molecule has 6 heteroatoms. The molecule has 0 bridgehead atoms. The Balaban J connectivity index is 4.52. The first-order valence-electron chi connectivity index (χ1n) is 23.1. The molecular weight excluding hydrogens is 683 g/mol. The molecule has 0 radical (unpaired) electrons. The number of carbonyl (C=O) groups is 2. The summed E-state index contributed by atoms with van der Waals surface area (Å²) in [6.07, 6.45) is 51.4. The second-order valence-corrected chi connectivity index (χ2v) is 15.5. The number of ether oxygens (including phenoxy) is 1. The lowest BCUT2D eigenvalue weighted by Gasteiger charge is -2.24. The van der Waals surface area contributed by atoms with E-state index >= 15 is 0 Å². The van der Waals surface area contributed by atoms with Gasteiger partial charge in [0, 0.05) is 6.42 Å². The van der Waals surface area contributed by atoms with Gasteiger partial charge in [-0.15, -0.1) is 0 Å². The Morgan fingerprint density at radius 3 is 1.64 bits per heavy atom. The molecule has 55 heavy (non-hydrogen) atoms. The zero-order valence-electron chi connectivity index (χ0n) is 36.0. The average Bonchev–Trinajstić information content (AvgIpc) is 3.18. The van der Waals surface area contributed by atoms with E-state index in [1.807, 2.05) is 18.2 Å². The molecule has 0 aliphatic heterocycles. The highest BCUT2D eigenvalue weighted by Crippen LogP contribution is 2.17. The van der Waals surface area contributed by atoms with Crippen LogP contribution in [0.15, 0.2) is 60.8 Å². The minimum Gasteiger partial charge on any atom is -0.462 e. The molecule has 0 aromatic carbocycles. The van der Waals surface area contributed by atoms with Gasteiger partial charge in [-0.1, -0.05) is 197 Å². The van der Waals surface area contributed by atoms with Gasteiger partial charge in [0.15, 0.2) is 0 Å². The summed E-state index contributed by atoms with van der Waals surface area (Å²) in [4.78, 5) is 25.9. The van der Waals surface area contributed by atoms with Crippen molar-refractivity contribution in [1.29, 1.82) is 0 Å². The van der Waals surface area contributed by atoms with Crippen molar-refractivity contribution in [2.24, 2.45) is 0 Å². The number of aliphatic hydroxyl groups excluding tert-OH is 2. The van der Waals surface area contributed by atoms with Gasteiger partial charge in [-0.2, -0.15) is 0 Å². The number of unbranched alkanes of at least 4 members (excludes halogenated alkanes) is 21. The predicted molar refractivity (Wildman–Crippen MR) is 236 cm³/mol. The molecule has 318 valence electrons. The summed E-state index contributed by atoms with van der Waals surface area (Å²) in [5.41, 5.74) is 0. The van der Waals surface area contributed by atoms with E-state index in [1.54, 1.807) is 0 Å². The van der Waals surface area contributed by atoms with E-state index < -0.39 is 18.2 Å².